The Kier molecular flexibility index (Phi) is 17.9. The number of fused-ring (bicyclic) bond motifs is 1. The first-order valence-electron chi connectivity index (χ1n) is 17.6. The summed E-state index contributed by atoms with van der Waals surface area (Å²) in [6.07, 6.45) is 26.1. The van der Waals surface area contributed by atoms with Gasteiger partial charge in [0.15, 0.2) is 5.79 Å². The molecule has 0 aliphatic carbocycles. The van der Waals surface area contributed by atoms with Crippen LogP contribution < -0.4 is 0 Å². The van der Waals surface area contributed by atoms with Crippen LogP contribution in [0.25, 0.3) is 0 Å². The van der Waals surface area contributed by atoms with E-state index in [2.05, 4.69) is 27.7 Å². The van der Waals surface area contributed by atoms with Gasteiger partial charge >= 0.3 is 0 Å². The fraction of sp³-hybridized carbons (Fsp3) is 1.00. The second-order valence-corrected chi connectivity index (χ2v) is 13.2. The molecular weight excluding hydrogens is 500 g/mol. The van der Waals surface area contributed by atoms with Crippen LogP contribution in [0.5, 0.6) is 0 Å². The van der Waals surface area contributed by atoms with Gasteiger partial charge in [0, 0.05) is 13.2 Å². The van der Waals surface area contributed by atoms with Gasteiger partial charge in [-0.2, -0.15) is 0 Å². The van der Waals surface area contributed by atoms with Crippen molar-refractivity contribution in [3.63, 3.8) is 0 Å². The van der Waals surface area contributed by atoms with Gasteiger partial charge in [-0.15, -0.1) is 0 Å². The fourth-order valence-corrected chi connectivity index (χ4v) is 6.65. The molecule has 2 aliphatic rings. The van der Waals surface area contributed by atoms with Crippen LogP contribution in [-0.4, -0.2) is 49.2 Å². The summed E-state index contributed by atoms with van der Waals surface area (Å²) in [6.45, 7) is 14.9. The van der Waals surface area contributed by atoms with Crippen molar-refractivity contribution in [2.75, 3.05) is 19.8 Å². The number of rotatable bonds is 26. The number of ether oxygens (including phenoxy) is 5. The standard InChI is InChI=1S/C35H68O5/c1-7-10-13-16-17-18-19-20-23-25-28-36-30-35-32(39-33(5,6)40-35)34(31(4)38-35,27-24-21-14-11-8-2)37-29-26-22-15-12-9-3/h31-32H,7-30H2,1-6H3/t31-,32-,34?,35-/m0/s1. The summed E-state index contributed by atoms with van der Waals surface area (Å²) in [4.78, 5) is 0. The van der Waals surface area contributed by atoms with E-state index in [1.54, 1.807) is 0 Å². The molecule has 238 valence electrons. The first-order chi connectivity index (χ1) is 19.4. The van der Waals surface area contributed by atoms with Crippen molar-refractivity contribution in [3.05, 3.63) is 0 Å². The van der Waals surface area contributed by atoms with Gasteiger partial charge in [0.25, 0.3) is 0 Å². The Morgan fingerprint density at radius 3 is 1.60 bits per heavy atom. The van der Waals surface area contributed by atoms with Gasteiger partial charge in [-0.1, -0.05) is 136 Å². The van der Waals surface area contributed by atoms with Crippen LogP contribution in [0.1, 0.15) is 176 Å². The van der Waals surface area contributed by atoms with Crippen molar-refractivity contribution in [1.82, 2.24) is 0 Å². The van der Waals surface area contributed by atoms with E-state index < -0.39 is 17.2 Å². The van der Waals surface area contributed by atoms with Gasteiger partial charge in [0.05, 0.1) is 6.10 Å². The highest BCUT2D eigenvalue weighted by Gasteiger charge is 2.71. The summed E-state index contributed by atoms with van der Waals surface area (Å²) >= 11 is 0. The minimum absolute atomic E-state index is 0.101. The Hall–Kier alpha value is -0.200. The average Bonchev–Trinajstić information content (AvgIpc) is 3.30. The van der Waals surface area contributed by atoms with Crippen molar-refractivity contribution in [2.24, 2.45) is 0 Å². The molecule has 0 aromatic rings. The average molecular weight is 569 g/mol. The summed E-state index contributed by atoms with van der Waals surface area (Å²) in [5, 5.41) is 0. The number of hydrogen-bond donors (Lipinski definition) is 0. The molecule has 0 saturated carbocycles. The molecule has 2 rings (SSSR count). The molecule has 5 nitrogen and oxygen atoms in total. The zero-order chi connectivity index (χ0) is 29.2. The largest absolute Gasteiger partial charge is 0.376 e. The quantitative estimate of drug-likeness (QED) is 0.0971. The molecule has 1 unspecified atom stereocenters. The van der Waals surface area contributed by atoms with Crippen molar-refractivity contribution in [2.45, 2.75) is 206 Å². The second-order valence-electron chi connectivity index (χ2n) is 13.2. The van der Waals surface area contributed by atoms with E-state index in [1.165, 1.54) is 109 Å². The van der Waals surface area contributed by atoms with E-state index in [4.69, 9.17) is 23.7 Å². The molecule has 5 heteroatoms. The topological polar surface area (TPSA) is 46.2 Å². The summed E-state index contributed by atoms with van der Waals surface area (Å²) in [5.74, 6) is -1.61. The van der Waals surface area contributed by atoms with Crippen LogP contribution in [0, 0.1) is 0 Å². The Morgan fingerprint density at radius 1 is 0.575 bits per heavy atom. The predicted molar refractivity (Wildman–Crippen MR) is 167 cm³/mol. The van der Waals surface area contributed by atoms with Crippen molar-refractivity contribution in [3.8, 4) is 0 Å². The van der Waals surface area contributed by atoms with Crippen LogP contribution >= 0.6 is 0 Å². The van der Waals surface area contributed by atoms with Gasteiger partial charge in [-0.3, -0.25) is 0 Å². The molecule has 2 aliphatic heterocycles. The SMILES string of the molecule is CCCCCCCCCCCCOC[C@@]12O[C@@H](C)C(CCCCCCC)(OCCCCCCC)[C@@H]1OC(C)(C)O2. The van der Waals surface area contributed by atoms with E-state index in [0.29, 0.717) is 6.61 Å². The Labute approximate surface area is 249 Å². The lowest BCUT2D eigenvalue weighted by molar-refractivity contribution is -0.281. The molecule has 0 amide bonds. The lowest BCUT2D eigenvalue weighted by atomic mass is 9.84. The third-order valence-electron chi connectivity index (χ3n) is 8.96. The van der Waals surface area contributed by atoms with Gasteiger partial charge in [0.2, 0.25) is 5.79 Å². The summed E-state index contributed by atoms with van der Waals surface area (Å²) < 4.78 is 33.0. The van der Waals surface area contributed by atoms with Crippen molar-refractivity contribution in [1.29, 1.82) is 0 Å². The summed E-state index contributed by atoms with van der Waals surface area (Å²) in [5.41, 5.74) is -0.495. The monoisotopic (exact) mass is 569 g/mol. The molecular formula is C35H68O5. The molecule has 0 N–H and O–H groups in total. The van der Waals surface area contributed by atoms with Gasteiger partial charge in [-0.25, -0.2) is 0 Å². The van der Waals surface area contributed by atoms with Gasteiger partial charge in [-0.05, 0) is 40.0 Å². The Balaban J connectivity index is 1.90. The second kappa shape index (κ2) is 19.9. The first-order valence-corrected chi connectivity index (χ1v) is 17.6. The molecule has 0 radical (unpaired) electrons. The zero-order valence-electron chi connectivity index (χ0n) is 27.7. The van der Waals surface area contributed by atoms with Crippen LogP contribution in [0.15, 0.2) is 0 Å². The van der Waals surface area contributed by atoms with Crippen LogP contribution in [0.3, 0.4) is 0 Å². The smallest absolute Gasteiger partial charge is 0.225 e. The van der Waals surface area contributed by atoms with Crippen LogP contribution in [-0.2, 0) is 23.7 Å². The minimum atomic E-state index is -0.896. The minimum Gasteiger partial charge on any atom is -0.376 e. The zero-order valence-corrected chi connectivity index (χ0v) is 27.7. The predicted octanol–water partition coefficient (Wildman–Crippen LogP) is 10.3. The maximum Gasteiger partial charge on any atom is 0.225 e. The van der Waals surface area contributed by atoms with E-state index >= 15 is 0 Å². The normalized spacial score (nSPS) is 27.4. The summed E-state index contributed by atoms with van der Waals surface area (Å²) in [7, 11) is 0. The van der Waals surface area contributed by atoms with Crippen molar-refractivity contribution < 1.29 is 23.7 Å². The first kappa shape index (κ1) is 36.0. The molecule has 0 aromatic heterocycles. The Bertz CT molecular complexity index is 625. The third-order valence-corrected chi connectivity index (χ3v) is 8.96. The molecule has 0 spiro atoms. The van der Waals surface area contributed by atoms with Crippen molar-refractivity contribution >= 4 is 0 Å². The molecule has 40 heavy (non-hydrogen) atoms. The molecule has 2 fully saturated rings. The van der Waals surface area contributed by atoms with Gasteiger partial charge in [0.1, 0.15) is 18.3 Å². The lowest BCUT2D eigenvalue weighted by Crippen LogP contribution is -2.53. The summed E-state index contributed by atoms with van der Waals surface area (Å²) in [6, 6.07) is 0. The van der Waals surface area contributed by atoms with E-state index in [9.17, 15) is 0 Å². The Morgan fingerprint density at radius 2 is 1.05 bits per heavy atom. The highest BCUT2D eigenvalue weighted by atomic mass is 16.9. The van der Waals surface area contributed by atoms with Crippen LogP contribution in [0.4, 0.5) is 0 Å². The molecule has 2 saturated heterocycles. The molecule has 2 heterocycles. The van der Waals surface area contributed by atoms with E-state index in [-0.39, 0.29) is 12.2 Å². The maximum atomic E-state index is 6.85. The lowest BCUT2D eigenvalue weighted by Gasteiger charge is -2.37. The highest BCUT2D eigenvalue weighted by Crippen LogP contribution is 2.53. The molecule has 4 atom stereocenters. The van der Waals surface area contributed by atoms with E-state index in [1.807, 2.05) is 13.8 Å². The third kappa shape index (κ3) is 11.8. The van der Waals surface area contributed by atoms with E-state index in [0.717, 1.165) is 38.9 Å². The van der Waals surface area contributed by atoms with Crippen LogP contribution in [0.2, 0.25) is 0 Å². The molecule has 0 aromatic carbocycles. The molecule has 0 bridgehead atoms. The fourth-order valence-electron chi connectivity index (χ4n) is 6.65. The highest BCUT2D eigenvalue weighted by molar-refractivity contribution is 5.11. The van der Waals surface area contributed by atoms with Gasteiger partial charge < -0.3 is 23.7 Å². The number of hydrogen-bond acceptors (Lipinski definition) is 5. The number of unbranched alkanes of at least 4 members (excludes halogenated alkanes) is 17. The maximum absolute atomic E-state index is 6.85.